The number of carboxylic acids is 1. The van der Waals surface area contributed by atoms with E-state index in [1.54, 1.807) is 19.9 Å². The van der Waals surface area contributed by atoms with Crippen LogP contribution in [0.3, 0.4) is 0 Å². The van der Waals surface area contributed by atoms with Gasteiger partial charge in [-0.25, -0.2) is 4.68 Å². The highest BCUT2D eigenvalue weighted by Crippen LogP contribution is 2.13. The van der Waals surface area contributed by atoms with Gasteiger partial charge in [0.2, 0.25) is 0 Å². The number of aryl methyl sites for hydroxylation is 2. The van der Waals surface area contributed by atoms with Crippen molar-refractivity contribution in [1.29, 1.82) is 0 Å². The maximum atomic E-state index is 11.9. The Morgan fingerprint density at radius 2 is 2.20 bits per heavy atom. The summed E-state index contributed by atoms with van der Waals surface area (Å²) in [7, 11) is 0. The Balaban J connectivity index is 1.95. The molecule has 0 radical (unpaired) electrons. The third-order valence-electron chi connectivity index (χ3n) is 2.60. The van der Waals surface area contributed by atoms with Crippen molar-refractivity contribution < 1.29 is 19.1 Å². The molecule has 2 aromatic heterocycles. The van der Waals surface area contributed by atoms with Crippen LogP contribution in [-0.2, 0) is 17.9 Å². The predicted octanol–water partition coefficient (Wildman–Crippen LogP) is 0.503. The average Bonchev–Trinajstić information content (AvgIpc) is 2.92. The van der Waals surface area contributed by atoms with E-state index in [-0.39, 0.29) is 19.0 Å². The van der Waals surface area contributed by atoms with Gasteiger partial charge in [-0.15, -0.1) is 5.10 Å². The Kier molecular flexibility index (Phi) is 3.83. The Labute approximate surface area is 114 Å². The summed E-state index contributed by atoms with van der Waals surface area (Å²) in [6.07, 6.45) is 1.47. The summed E-state index contributed by atoms with van der Waals surface area (Å²) in [6.45, 7) is 3.38. The van der Waals surface area contributed by atoms with Crippen LogP contribution < -0.4 is 5.32 Å². The molecular weight excluding hydrogens is 264 g/mol. The standard InChI is InChI=1S/C12H14N4O4/c1-7-3-10(8(2)20-7)12(19)13-4-9-5-16(15-14-9)6-11(17)18/h3,5H,4,6H2,1-2H3,(H,13,19)(H,17,18). The summed E-state index contributed by atoms with van der Waals surface area (Å²) in [5.74, 6) is -0.0586. The highest BCUT2D eigenvalue weighted by atomic mass is 16.4. The lowest BCUT2D eigenvalue weighted by Crippen LogP contribution is -2.23. The maximum Gasteiger partial charge on any atom is 0.325 e. The number of aromatic nitrogens is 3. The number of hydrogen-bond donors (Lipinski definition) is 2. The number of amides is 1. The summed E-state index contributed by atoms with van der Waals surface area (Å²) in [5.41, 5.74) is 0.956. The molecule has 2 aromatic rings. The molecule has 2 heterocycles. The Bertz CT molecular complexity index is 644. The number of rotatable bonds is 5. The number of furan rings is 1. The monoisotopic (exact) mass is 278 g/mol. The minimum Gasteiger partial charge on any atom is -0.480 e. The van der Waals surface area contributed by atoms with E-state index >= 15 is 0 Å². The number of nitrogens with zero attached hydrogens (tertiary/aromatic N) is 3. The lowest BCUT2D eigenvalue weighted by Gasteiger charge is -2.00. The van der Waals surface area contributed by atoms with E-state index < -0.39 is 5.97 Å². The fourth-order valence-electron chi connectivity index (χ4n) is 1.76. The zero-order chi connectivity index (χ0) is 14.7. The van der Waals surface area contributed by atoms with Gasteiger partial charge in [0.15, 0.2) is 0 Å². The summed E-state index contributed by atoms with van der Waals surface area (Å²) in [6, 6.07) is 1.66. The van der Waals surface area contributed by atoms with Gasteiger partial charge in [-0.1, -0.05) is 5.21 Å². The molecule has 0 saturated heterocycles. The number of carboxylic acid groups (broad SMARTS) is 1. The summed E-state index contributed by atoms with van der Waals surface area (Å²) in [5, 5.41) is 18.7. The van der Waals surface area contributed by atoms with Crippen LogP contribution in [-0.4, -0.2) is 32.0 Å². The first-order chi connectivity index (χ1) is 9.45. The van der Waals surface area contributed by atoms with Crippen LogP contribution in [0.25, 0.3) is 0 Å². The minimum absolute atomic E-state index is 0.169. The van der Waals surface area contributed by atoms with E-state index in [2.05, 4.69) is 15.6 Å². The summed E-state index contributed by atoms with van der Waals surface area (Å²) in [4.78, 5) is 22.4. The molecule has 0 aliphatic carbocycles. The van der Waals surface area contributed by atoms with Crippen LogP contribution >= 0.6 is 0 Å². The molecule has 0 atom stereocenters. The Hall–Kier alpha value is -2.64. The first kappa shape index (κ1) is 13.8. The minimum atomic E-state index is -1.00. The Morgan fingerprint density at radius 1 is 1.45 bits per heavy atom. The molecule has 0 saturated carbocycles. The third-order valence-corrected chi connectivity index (χ3v) is 2.60. The zero-order valence-corrected chi connectivity index (χ0v) is 11.1. The van der Waals surface area contributed by atoms with Gasteiger partial charge in [-0.3, -0.25) is 9.59 Å². The van der Waals surface area contributed by atoms with E-state index in [1.807, 2.05) is 0 Å². The molecule has 2 rings (SSSR count). The van der Waals surface area contributed by atoms with Gasteiger partial charge in [-0.2, -0.15) is 0 Å². The number of carbonyl (C=O) groups excluding carboxylic acids is 1. The number of nitrogens with one attached hydrogen (secondary N) is 1. The van der Waals surface area contributed by atoms with Crippen molar-refractivity contribution in [2.45, 2.75) is 26.9 Å². The summed E-state index contributed by atoms with van der Waals surface area (Å²) >= 11 is 0. The van der Waals surface area contributed by atoms with E-state index in [0.29, 0.717) is 22.8 Å². The van der Waals surface area contributed by atoms with E-state index in [4.69, 9.17) is 9.52 Å². The maximum absolute atomic E-state index is 11.9. The molecule has 0 unspecified atom stereocenters. The van der Waals surface area contributed by atoms with Gasteiger partial charge in [-0.05, 0) is 19.9 Å². The molecule has 1 amide bonds. The molecule has 106 valence electrons. The van der Waals surface area contributed by atoms with Gasteiger partial charge in [0.25, 0.3) is 5.91 Å². The van der Waals surface area contributed by atoms with Gasteiger partial charge in [0.05, 0.1) is 18.3 Å². The van der Waals surface area contributed by atoms with Crippen LogP contribution in [0.15, 0.2) is 16.7 Å². The van der Waals surface area contributed by atoms with Crippen LogP contribution in [0.5, 0.6) is 0 Å². The molecule has 0 aliphatic heterocycles. The quantitative estimate of drug-likeness (QED) is 0.824. The second-order valence-corrected chi connectivity index (χ2v) is 4.31. The van der Waals surface area contributed by atoms with Crippen LogP contribution in [0, 0.1) is 13.8 Å². The number of carbonyl (C=O) groups is 2. The highest BCUT2D eigenvalue weighted by molar-refractivity contribution is 5.95. The van der Waals surface area contributed by atoms with Gasteiger partial charge >= 0.3 is 5.97 Å². The van der Waals surface area contributed by atoms with E-state index in [0.717, 1.165) is 0 Å². The molecule has 0 spiro atoms. The topological polar surface area (TPSA) is 110 Å². The normalized spacial score (nSPS) is 10.5. The van der Waals surface area contributed by atoms with Crippen molar-refractivity contribution in [3.05, 3.63) is 35.0 Å². The van der Waals surface area contributed by atoms with Crippen molar-refractivity contribution >= 4 is 11.9 Å². The molecule has 0 bridgehead atoms. The van der Waals surface area contributed by atoms with E-state index in [9.17, 15) is 9.59 Å². The van der Waals surface area contributed by atoms with E-state index in [1.165, 1.54) is 10.9 Å². The number of aliphatic carboxylic acids is 1. The molecular formula is C12H14N4O4. The molecule has 0 aliphatic rings. The smallest absolute Gasteiger partial charge is 0.325 e. The lowest BCUT2D eigenvalue weighted by molar-refractivity contribution is -0.137. The largest absolute Gasteiger partial charge is 0.480 e. The molecule has 0 fully saturated rings. The molecule has 0 aromatic carbocycles. The fraction of sp³-hybridized carbons (Fsp3) is 0.333. The van der Waals surface area contributed by atoms with Crippen molar-refractivity contribution in [1.82, 2.24) is 20.3 Å². The highest BCUT2D eigenvalue weighted by Gasteiger charge is 2.13. The first-order valence-corrected chi connectivity index (χ1v) is 5.91. The molecule has 8 heteroatoms. The van der Waals surface area contributed by atoms with Gasteiger partial charge < -0.3 is 14.8 Å². The van der Waals surface area contributed by atoms with Gasteiger partial charge in [0.1, 0.15) is 23.8 Å². The predicted molar refractivity (Wildman–Crippen MR) is 67.0 cm³/mol. The molecule has 8 nitrogen and oxygen atoms in total. The fourth-order valence-corrected chi connectivity index (χ4v) is 1.76. The Morgan fingerprint density at radius 3 is 2.80 bits per heavy atom. The summed E-state index contributed by atoms with van der Waals surface area (Å²) < 4.78 is 6.47. The van der Waals surface area contributed by atoms with Crippen molar-refractivity contribution in [3.8, 4) is 0 Å². The SMILES string of the molecule is Cc1cc(C(=O)NCc2cn(CC(=O)O)nn2)c(C)o1. The van der Waals surface area contributed by atoms with Gasteiger partial charge in [0, 0.05) is 0 Å². The molecule has 20 heavy (non-hydrogen) atoms. The second-order valence-electron chi connectivity index (χ2n) is 4.31. The second kappa shape index (κ2) is 5.55. The third kappa shape index (κ3) is 3.22. The van der Waals surface area contributed by atoms with Crippen molar-refractivity contribution in [2.24, 2.45) is 0 Å². The first-order valence-electron chi connectivity index (χ1n) is 5.91. The number of hydrogen-bond acceptors (Lipinski definition) is 5. The van der Waals surface area contributed by atoms with Crippen LogP contribution in [0.1, 0.15) is 27.6 Å². The van der Waals surface area contributed by atoms with Crippen LogP contribution in [0.4, 0.5) is 0 Å². The van der Waals surface area contributed by atoms with Crippen molar-refractivity contribution in [2.75, 3.05) is 0 Å². The lowest BCUT2D eigenvalue weighted by atomic mass is 10.2. The average molecular weight is 278 g/mol. The zero-order valence-electron chi connectivity index (χ0n) is 11.1. The van der Waals surface area contributed by atoms with Crippen molar-refractivity contribution in [3.63, 3.8) is 0 Å². The molecule has 2 N–H and O–H groups in total. The van der Waals surface area contributed by atoms with Crippen LogP contribution in [0.2, 0.25) is 0 Å².